The highest BCUT2D eigenvalue weighted by molar-refractivity contribution is 7.12. The number of alkyl halides is 3. The molecule has 13 heteroatoms. The summed E-state index contributed by atoms with van der Waals surface area (Å²) in [6, 6.07) is 0.632. The van der Waals surface area contributed by atoms with Gasteiger partial charge in [-0.15, -0.1) is 11.3 Å². The van der Waals surface area contributed by atoms with Crippen molar-refractivity contribution < 1.29 is 27.4 Å². The van der Waals surface area contributed by atoms with Gasteiger partial charge in [0.2, 0.25) is 5.82 Å². The Morgan fingerprint density at radius 3 is 2.68 bits per heavy atom. The average Bonchev–Trinajstić information content (AvgIpc) is 3.46. The summed E-state index contributed by atoms with van der Waals surface area (Å²) in [4.78, 5) is 37.0. The summed E-state index contributed by atoms with van der Waals surface area (Å²) < 4.78 is 50.4. The Bertz CT molecular complexity index is 1240. The second kappa shape index (κ2) is 9.50. The topological polar surface area (TPSA) is 108 Å². The number of hydrogen-bond donors (Lipinski definition) is 1. The lowest BCUT2D eigenvalue weighted by Crippen LogP contribution is -2.30. The number of carbonyl (C=O) groups excluding carboxylic acids is 1. The van der Waals surface area contributed by atoms with E-state index in [9.17, 15) is 22.8 Å². The van der Waals surface area contributed by atoms with E-state index in [0.717, 1.165) is 12.4 Å². The fourth-order valence-electron chi connectivity index (χ4n) is 3.22. The lowest BCUT2D eigenvalue weighted by Gasteiger charge is -2.17. The van der Waals surface area contributed by atoms with E-state index >= 15 is 0 Å². The number of pyridine rings is 1. The van der Waals surface area contributed by atoms with Crippen molar-refractivity contribution >= 4 is 17.2 Å². The van der Waals surface area contributed by atoms with E-state index in [1.54, 1.807) is 19.2 Å². The average molecular weight is 495 g/mol. The number of nitrogens with one attached hydrogen (secondary N) is 1. The molecular formula is C21H20F3N5O4S. The molecule has 1 saturated heterocycles. The number of aryl methyl sites for hydroxylation is 1. The van der Waals surface area contributed by atoms with Crippen molar-refractivity contribution in [1.29, 1.82) is 0 Å². The maximum absolute atomic E-state index is 13.0. The molecule has 0 bridgehead atoms. The molecule has 0 saturated carbocycles. The first-order valence-corrected chi connectivity index (χ1v) is 11.1. The third-order valence-corrected chi connectivity index (χ3v) is 5.97. The van der Waals surface area contributed by atoms with E-state index in [4.69, 9.17) is 9.47 Å². The Morgan fingerprint density at radius 1 is 1.35 bits per heavy atom. The summed E-state index contributed by atoms with van der Waals surface area (Å²) in [6.07, 6.45) is -1.00. The largest absolute Gasteiger partial charge is 0.482 e. The number of hydrogen-bond acceptors (Lipinski definition) is 8. The monoisotopic (exact) mass is 495 g/mol. The fraction of sp³-hybridized carbons (Fsp3) is 0.381. The van der Waals surface area contributed by atoms with E-state index in [1.807, 2.05) is 0 Å². The minimum atomic E-state index is -4.66. The fourth-order valence-corrected chi connectivity index (χ4v) is 3.99. The van der Waals surface area contributed by atoms with E-state index in [2.05, 4.69) is 20.3 Å². The van der Waals surface area contributed by atoms with Crippen molar-refractivity contribution in [2.45, 2.75) is 38.6 Å². The second-order valence-corrected chi connectivity index (χ2v) is 8.51. The van der Waals surface area contributed by atoms with Crippen molar-refractivity contribution in [2.75, 3.05) is 13.2 Å². The zero-order valence-corrected chi connectivity index (χ0v) is 18.9. The zero-order chi connectivity index (χ0) is 24.5. The summed E-state index contributed by atoms with van der Waals surface area (Å²) in [6.45, 7) is 4.20. The van der Waals surface area contributed by atoms with Crippen LogP contribution in [-0.2, 0) is 10.9 Å². The van der Waals surface area contributed by atoms with Crippen LogP contribution < -0.4 is 15.6 Å². The predicted octanol–water partition coefficient (Wildman–Crippen LogP) is 3.07. The maximum Gasteiger partial charge on any atom is 0.451 e. The lowest BCUT2D eigenvalue weighted by molar-refractivity contribution is -0.145. The molecule has 4 rings (SSSR count). The minimum absolute atomic E-state index is 0.0264. The molecule has 0 spiro atoms. The summed E-state index contributed by atoms with van der Waals surface area (Å²) in [5, 5.41) is 4.82. The van der Waals surface area contributed by atoms with Crippen molar-refractivity contribution in [2.24, 2.45) is 0 Å². The van der Waals surface area contributed by atoms with Gasteiger partial charge in [0, 0.05) is 42.0 Å². The highest BCUT2D eigenvalue weighted by Crippen LogP contribution is 2.26. The van der Waals surface area contributed by atoms with Crippen LogP contribution in [-0.4, -0.2) is 44.7 Å². The van der Waals surface area contributed by atoms with Crippen molar-refractivity contribution in [3.8, 4) is 10.9 Å². The molecule has 180 valence electrons. The van der Waals surface area contributed by atoms with Gasteiger partial charge in [-0.2, -0.15) is 13.2 Å². The molecule has 0 aromatic carbocycles. The number of carbonyl (C=O) groups is 1. The van der Waals surface area contributed by atoms with Gasteiger partial charge < -0.3 is 14.8 Å². The minimum Gasteiger partial charge on any atom is -0.482 e. The zero-order valence-electron chi connectivity index (χ0n) is 18.1. The lowest BCUT2D eigenvalue weighted by atomic mass is 10.1. The molecule has 1 N–H and O–H groups in total. The van der Waals surface area contributed by atoms with E-state index in [1.165, 1.54) is 28.2 Å². The Labute approximate surface area is 195 Å². The Balaban J connectivity index is 1.61. The predicted molar refractivity (Wildman–Crippen MR) is 115 cm³/mol. The standard InChI is InChI=1S/C21H20F3N5O4S/c1-11-10-34-20(27-11)29-8-13(5-16(18(29)31)33-15-3-4-32-9-15)17(30)28-12(2)14-6-25-19(26-7-14)21(22,23)24/h5-8,10,12,15H,3-4,9H2,1-2H3,(H,28,30)/t12?,15-/m1/s1. The molecule has 2 atom stereocenters. The Morgan fingerprint density at radius 2 is 2.09 bits per heavy atom. The van der Waals surface area contributed by atoms with Crippen LogP contribution in [0.25, 0.3) is 5.13 Å². The van der Waals surface area contributed by atoms with Crippen LogP contribution in [0.15, 0.2) is 34.8 Å². The number of amides is 1. The van der Waals surface area contributed by atoms with Gasteiger partial charge in [0.25, 0.3) is 11.5 Å². The maximum atomic E-state index is 13.0. The molecule has 3 aromatic rings. The van der Waals surface area contributed by atoms with Gasteiger partial charge in [0.1, 0.15) is 6.10 Å². The molecule has 1 fully saturated rings. The first-order valence-electron chi connectivity index (χ1n) is 10.3. The van der Waals surface area contributed by atoms with Gasteiger partial charge in [-0.1, -0.05) is 0 Å². The quantitative estimate of drug-likeness (QED) is 0.560. The SMILES string of the molecule is Cc1csc(-n2cc(C(=O)NC(C)c3cnc(C(F)(F)F)nc3)cc(O[C@@H]3CCOC3)c2=O)n1. The van der Waals surface area contributed by atoms with Crippen LogP contribution in [0, 0.1) is 6.92 Å². The molecule has 1 aliphatic heterocycles. The molecule has 0 aliphatic carbocycles. The second-order valence-electron chi connectivity index (χ2n) is 7.68. The van der Waals surface area contributed by atoms with Crippen LogP contribution in [0.5, 0.6) is 5.75 Å². The van der Waals surface area contributed by atoms with Crippen LogP contribution in [0.2, 0.25) is 0 Å². The molecular weight excluding hydrogens is 475 g/mol. The number of halogens is 3. The number of ether oxygens (including phenoxy) is 2. The highest BCUT2D eigenvalue weighted by atomic mass is 32.1. The highest BCUT2D eigenvalue weighted by Gasteiger charge is 2.34. The van der Waals surface area contributed by atoms with Crippen LogP contribution in [0.1, 0.15) is 46.8 Å². The Kier molecular flexibility index (Phi) is 6.66. The number of thiazole rings is 1. The summed E-state index contributed by atoms with van der Waals surface area (Å²) in [5.41, 5.74) is 0.636. The van der Waals surface area contributed by atoms with Gasteiger partial charge in [-0.05, 0) is 13.8 Å². The van der Waals surface area contributed by atoms with Gasteiger partial charge >= 0.3 is 6.18 Å². The van der Waals surface area contributed by atoms with Gasteiger partial charge in [0.05, 0.1) is 30.5 Å². The summed E-state index contributed by atoms with van der Waals surface area (Å²) in [5.74, 6) is -1.86. The Hall–Kier alpha value is -3.32. The van der Waals surface area contributed by atoms with Crippen LogP contribution in [0.4, 0.5) is 13.2 Å². The molecule has 4 heterocycles. The molecule has 34 heavy (non-hydrogen) atoms. The van der Waals surface area contributed by atoms with Crippen LogP contribution >= 0.6 is 11.3 Å². The third-order valence-electron chi connectivity index (χ3n) is 5.01. The molecule has 1 amide bonds. The number of rotatable bonds is 6. The van der Waals surface area contributed by atoms with Crippen LogP contribution in [0.3, 0.4) is 0 Å². The number of nitrogens with zero attached hydrogens (tertiary/aromatic N) is 4. The molecule has 3 aromatic heterocycles. The van der Waals surface area contributed by atoms with Crippen molar-refractivity contribution in [3.05, 3.63) is 63.0 Å². The van der Waals surface area contributed by atoms with E-state index in [0.29, 0.717) is 30.5 Å². The molecule has 9 nitrogen and oxygen atoms in total. The molecule has 0 radical (unpaired) electrons. The van der Waals surface area contributed by atoms with E-state index < -0.39 is 29.5 Å². The summed E-state index contributed by atoms with van der Waals surface area (Å²) >= 11 is 1.23. The van der Waals surface area contributed by atoms with Crippen molar-refractivity contribution in [3.63, 3.8) is 0 Å². The molecule has 1 unspecified atom stereocenters. The van der Waals surface area contributed by atoms with Gasteiger partial charge in [-0.3, -0.25) is 14.2 Å². The normalized spacial score (nSPS) is 16.9. The molecule has 1 aliphatic rings. The van der Waals surface area contributed by atoms with Crippen molar-refractivity contribution in [1.82, 2.24) is 24.8 Å². The van der Waals surface area contributed by atoms with E-state index in [-0.39, 0.29) is 23.0 Å². The first kappa shape index (κ1) is 23.8. The first-order chi connectivity index (χ1) is 16.1. The smallest absolute Gasteiger partial charge is 0.451 e. The van der Waals surface area contributed by atoms with Gasteiger partial charge in [-0.25, -0.2) is 15.0 Å². The third kappa shape index (κ3) is 5.25. The summed E-state index contributed by atoms with van der Waals surface area (Å²) in [7, 11) is 0. The van der Waals surface area contributed by atoms with Gasteiger partial charge in [0.15, 0.2) is 10.9 Å². The number of aromatic nitrogens is 4.